The second kappa shape index (κ2) is 12.7. The summed E-state index contributed by atoms with van der Waals surface area (Å²) in [4.78, 5) is 28.4. The smallest absolute Gasteiger partial charge is 0.345 e. The van der Waals surface area contributed by atoms with Crippen molar-refractivity contribution >= 4 is 27.8 Å². The van der Waals surface area contributed by atoms with E-state index in [1.807, 2.05) is 36.4 Å². The van der Waals surface area contributed by atoms with E-state index in [-0.39, 0.29) is 18.9 Å². The van der Waals surface area contributed by atoms with E-state index in [4.69, 9.17) is 9.47 Å². The molecule has 0 aliphatic carbocycles. The van der Waals surface area contributed by atoms with Crippen molar-refractivity contribution in [3.05, 3.63) is 113 Å². The normalized spacial score (nSPS) is 11.4. The zero-order valence-corrected chi connectivity index (χ0v) is 21.4. The SMILES string of the molecule is O=C(NCCOc1ccc(CC(Oc2ccccc2)C(=O)O)cc1Br)c1ccc(-c2ccccn2)cc1. The maximum absolute atomic E-state index is 12.5. The van der Waals surface area contributed by atoms with Crippen molar-refractivity contribution in [2.24, 2.45) is 0 Å². The lowest BCUT2D eigenvalue weighted by atomic mass is 10.1. The molecule has 0 aliphatic rings. The maximum atomic E-state index is 12.5. The van der Waals surface area contributed by atoms with Crippen LogP contribution in [0, 0.1) is 0 Å². The number of ether oxygens (including phenoxy) is 2. The number of carboxylic acid groups (broad SMARTS) is 1. The second-order valence-electron chi connectivity index (χ2n) is 8.12. The Morgan fingerprint density at radius 3 is 2.38 bits per heavy atom. The number of hydrogen-bond acceptors (Lipinski definition) is 5. The average molecular weight is 561 g/mol. The van der Waals surface area contributed by atoms with E-state index < -0.39 is 12.1 Å². The number of aromatic nitrogens is 1. The molecule has 0 bridgehead atoms. The molecule has 0 spiro atoms. The third-order valence-corrected chi connectivity index (χ3v) is 6.09. The Labute approximate surface area is 223 Å². The molecule has 188 valence electrons. The van der Waals surface area contributed by atoms with E-state index in [1.165, 1.54) is 0 Å². The van der Waals surface area contributed by atoms with Gasteiger partial charge in [0.15, 0.2) is 6.10 Å². The molecule has 7 nitrogen and oxygen atoms in total. The topological polar surface area (TPSA) is 97.8 Å². The Bertz CT molecular complexity index is 1330. The standard InChI is InChI=1S/C29H25BrN2O5/c30-24-18-20(19-27(29(34)35)37-23-6-2-1-3-7-23)9-14-26(24)36-17-16-32-28(33)22-12-10-21(11-13-22)25-8-4-5-15-31-25/h1-15,18,27H,16-17,19H2,(H,32,33)(H,34,35). The molecule has 37 heavy (non-hydrogen) atoms. The molecule has 8 heteroatoms. The highest BCUT2D eigenvalue weighted by Crippen LogP contribution is 2.27. The van der Waals surface area contributed by atoms with Gasteiger partial charge in [0, 0.05) is 23.7 Å². The molecule has 1 amide bonds. The van der Waals surface area contributed by atoms with Gasteiger partial charge >= 0.3 is 5.97 Å². The molecular formula is C29H25BrN2O5. The lowest BCUT2D eigenvalue weighted by Crippen LogP contribution is -2.29. The van der Waals surface area contributed by atoms with E-state index in [0.29, 0.717) is 28.1 Å². The van der Waals surface area contributed by atoms with E-state index in [9.17, 15) is 14.7 Å². The predicted octanol–water partition coefficient (Wildman–Crippen LogP) is 5.39. The molecule has 0 aliphatic heterocycles. The number of hydrogen-bond donors (Lipinski definition) is 2. The van der Waals surface area contributed by atoms with Crippen molar-refractivity contribution in [1.29, 1.82) is 0 Å². The van der Waals surface area contributed by atoms with Gasteiger partial charge in [-0.2, -0.15) is 0 Å². The molecule has 4 aromatic rings. The van der Waals surface area contributed by atoms with Crippen LogP contribution >= 0.6 is 15.9 Å². The van der Waals surface area contributed by atoms with Crippen molar-refractivity contribution in [2.45, 2.75) is 12.5 Å². The number of aliphatic carboxylic acids is 1. The summed E-state index contributed by atoms with van der Waals surface area (Å²) in [5.41, 5.74) is 3.12. The van der Waals surface area contributed by atoms with Crippen molar-refractivity contribution in [3.63, 3.8) is 0 Å². The number of nitrogens with one attached hydrogen (secondary N) is 1. The number of carboxylic acids is 1. The summed E-state index contributed by atoms with van der Waals surface area (Å²) in [6.07, 6.45) is 0.905. The Morgan fingerprint density at radius 1 is 0.946 bits per heavy atom. The molecule has 1 heterocycles. The molecule has 4 rings (SSSR count). The zero-order valence-electron chi connectivity index (χ0n) is 19.8. The Kier molecular flexibility index (Phi) is 8.89. The Hall–Kier alpha value is -4.17. The quantitative estimate of drug-likeness (QED) is 0.238. The van der Waals surface area contributed by atoms with Crippen LogP contribution < -0.4 is 14.8 Å². The molecule has 0 saturated heterocycles. The summed E-state index contributed by atoms with van der Waals surface area (Å²) in [6, 6.07) is 27.2. The third-order valence-electron chi connectivity index (χ3n) is 5.47. The van der Waals surface area contributed by atoms with Crippen LogP contribution in [0.2, 0.25) is 0 Å². The summed E-state index contributed by atoms with van der Waals surface area (Å²) >= 11 is 3.48. The van der Waals surface area contributed by atoms with Crippen molar-refractivity contribution in [3.8, 4) is 22.8 Å². The minimum Gasteiger partial charge on any atom is -0.491 e. The fourth-order valence-corrected chi connectivity index (χ4v) is 4.14. The van der Waals surface area contributed by atoms with Gasteiger partial charge in [0.2, 0.25) is 0 Å². The first-order valence-electron chi connectivity index (χ1n) is 11.6. The second-order valence-corrected chi connectivity index (χ2v) is 8.98. The van der Waals surface area contributed by atoms with Crippen LogP contribution in [0.1, 0.15) is 15.9 Å². The van der Waals surface area contributed by atoms with Gasteiger partial charge in [-0.05, 0) is 70.0 Å². The van der Waals surface area contributed by atoms with E-state index >= 15 is 0 Å². The Balaban J connectivity index is 1.26. The first-order chi connectivity index (χ1) is 18.0. The number of rotatable bonds is 11. The zero-order chi connectivity index (χ0) is 26.0. The van der Waals surface area contributed by atoms with E-state index in [0.717, 1.165) is 16.8 Å². The minimum atomic E-state index is -1.04. The number of nitrogens with zero attached hydrogens (tertiary/aromatic N) is 1. The lowest BCUT2D eigenvalue weighted by Gasteiger charge is -2.16. The minimum absolute atomic E-state index is 0.191. The van der Waals surface area contributed by atoms with Crippen LogP contribution in [0.15, 0.2) is 102 Å². The number of carbonyl (C=O) groups is 2. The van der Waals surface area contributed by atoms with Crippen LogP contribution in [-0.4, -0.2) is 41.2 Å². The molecule has 0 saturated carbocycles. The van der Waals surface area contributed by atoms with Gasteiger partial charge in [0.05, 0.1) is 16.7 Å². The van der Waals surface area contributed by atoms with E-state index in [1.54, 1.807) is 60.8 Å². The van der Waals surface area contributed by atoms with E-state index in [2.05, 4.69) is 26.2 Å². The molecule has 0 radical (unpaired) electrons. The molecule has 2 N–H and O–H groups in total. The van der Waals surface area contributed by atoms with Crippen LogP contribution in [0.4, 0.5) is 0 Å². The molecule has 1 unspecified atom stereocenters. The van der Waals surface area contributed by atoms with Gasteiger partial charge in [0.25, 0.3) is 5.91 Å². The average Bonchev–Trinajstić information content (AvgIpc) is 2.92. The summed E-state index contributed by atoms with van der Waals surface area (Å²) in [5, 5.41) is 12.4. The number of amides is 1. The van der Waals surface area contributed by atoms with Crippen LogP contribution in [0.5, 0.6) is 11.5 Å². The number of halogens is 1. The predicted molar refractivity (Wildman–Crippen MR) is 144 cm³/mol. The van der Waals surface area contributed by atoms with Crippen LogP contribution in [0.3, 0.4) is 0 Å². The number of pyridine rings is 1. The van der Waals surface area contributed by atoms with Gasteiger partial charge in [-0.25, -0.2) is 4.79 Å². The molecule has 0 fully saturated rings. The van der Waals surface area contributed by atoms with Crippen molar-refractivity contribution < 1.29 is 24.2 Å². The number of carbonyl (C=O) groups excluding carboxylic acids is 1. The molecular weight excluding hydrogens is 536 g/mol. The monoisotopic (exact) mass is 560 g/mol. The van der Waals surface area contributed by atoms with Gasteiger partial charge in [-0.3, -0.25) is 9.78 Å². The summed E-state index contributed by atoms with van der Waals surface area (Å²) in [7, 11) is 0. The summed E-state index contributed by atoms with van der Waals surface area (Å²) < 4.78 is 12.1. The molecule has 1 aromatic heterocycles. The molecule has 1 atom stereocenters. The highest BCUT2D eigenvalue weighted by molar-refractivity contribution is 9.10. The Morgan fingerprint density at radius 2 is 1.70 bits per heavy atom. The first-order valence-corrected chi connectivity index (χ1v) is 12.4. The highest BCUT2D eigenvalue weighted by Gasteiger charge is 2.20. The van der Waals surface area contributed by atoms with Crippen molar-refractivity contribution in [2.75, 3.05) is 13.2 Å². The number of benzene rings is 3. The van der Waals surface area contributed by atoms with Gasteiger partial charge in [0.1, 0.15) is 18.1 Å². The fourth-order valence-electron chi connectivity index (χ4n) is 3.60. The third kappa shape index (κ3) is 7.41. The van der Waals surface area contributed by atoms with Crippen molar-refractivity contribution in [1.82, 2.24) is 10.3 Å². The summed E-state index contributed by atoms with van der Waals surface area (Å²) in [5.74, 6) is -0.139. The van der Waals surface area contributed by atoms with Crippen LogP contribution in [0.25, 0.3) is 11.3 Å². The van der Waals surface area contributed by atoms with Gasteiger partial charge in [-0.15, -0.1) is 0 Å². The van der Waals surface area contributed by atoms with Crippen LogP contribution in [-0.2, 0) is 11.2 Å². The maximum Gasteiger partial charge on any atom is 0.345 e. The largest absolute Gasteiger partial charge is 0.491 e. The lowest BCUT2D eigenvalue weighted by molar-refractivity contribution is -0.145. The first kappa shape index (κ1) is 25.9. The van der Waals surface area contributed by atoms with Gasteiger partial charge in [-0.1, -0.05) is 42.5 Å². The van der Waals surface area contributed by atoms with Gasteiger partial charge < -0.3 is 19.9 Å². The highest BCUT2D eigenvalue weighted by atomic mass is 79.9. The molecule has 3 aromatic carbocycles. The number of para-hydroxylation sites is 1. The fraction of sp³-hybridized carbons (Fsp3) is 0.138. The summed E-state index contributed by atoms with van der Waals surface area (Å²) in [6.45, 7) is 0.589.